The first kappa shape index (κ1) is 19.2. The first-order valence-corrected chi connectivity index (χ1v) is 10.3. The predicted molar refractivity (Wildman–Crippen MR) is 114 cm³/mol. The molecule has 1 N–H and O–H groups in total. The molecule has 0 bridgehead atoms. The van der Waals surface area contributed by atoms with Gasteiger partial charge in [0.05, 0.1) is 13.2 Å². The Morgan fingerprint density at radius 3 is 2.59 bits per heavy atom. The van der Waals surface area contributed by atoms with Gasteiger partial charge in [0.2, 0.25) is 0 Å². The highest BCUT2D eigenvalue weighted by Gasteiger charge is 2.28. The summed E-state index contributed by atoms with van der Waals surface area (Å²) in [6.07, 6.45) is 4.21. The van der Waals surface area contributed by atoms with Crippen molar-refractivity contribution >= 4 is 16.8 Å². The molecule has 1 amide bonds. The third-order valence-corrected chi connectivity index (χ3v) is 5.59. The van der Waals surface area contributed by atoms with Gasteiger partial charge in [-0.05, 0) is 56.2 Å². The van der Waals surface area contributed by atoms with E-state index in [0.717, 1.165) is 42.3 Å². The lowest BCUT2D eigenvalue weighted by molar-refractivity contribution is 0.0664. The van der Waals surface area contributed by atoms with Gasteiger partial charge in [-0.1, -0.05) is 31.0 Å². The molecule has 5 heteroatoms. The summed E-state index contributed by atoms with van der Waals surface area (Å²) in [5.41, 5.74) is 1.88. The average molecular weight is 390 g/mol. The van der Waals surface area contributed by atoms with Crippen LogP contribution in [0.1, 0.15) is 48.5 Å². The minimum atomic E-state index is -0.148. The molecular weight excluding hydrogens is 364 g/mol. The van der Waals surface area contributed by atoms with E-state index in [2.05, 4.69) is 4.98 Å². The number of fused-ring (bicyclic) bond motifs is 1. The first-order valence-electron chi connectivity index (χ1n) is 10.3. The van der Waals surface area contributed by atoms with E-state index in [9.17, 15) is 9.59 Å². The zero-order valence-corrected chi connectivity index (χ0v) is 16.7. The number of carbonyl (C=O) groups excluding carboxylic acids is 1. The second-order valence-electron chi connectivity index (χ2n) is 7.54. The van der Waals surface area contributed by atoms with E-state index in [-0.39, 0.29) is 17.5 Å². The van der Waals surface area contributed by atoms with Gasteiger partial charge in [0.25, 0.3) is 11.5 Å². The summed E-state index contributed by atoms with van der Waals surface area (Å²) >= 11 is 0. The number of ether oxygens (including phenoxy) is 1. The van der Waals surface area contributed by atoms with Gasteiger partial charge in [-0.2, -0.15) is 0 Å². The maximum absolute atomic E-state index is 13.2. The molecule has 1 fully saturated rings. The van der Waals surface area contributed by atoms with Crippen molar-refractivity contribution in [2.75, 3.05) is 6.61 Å². The Morgan fingerprint density at radius 2 is 1.86 bits per heavy atom. The maximum atomic E-state index is 13.2. The van der Waals surface area contributed by atoms with Gasteiger partial charge in [0.15, 0.2) is 0 Å². The Bertz CT molecular complexity index is 1050. The van der Waals surface area contributed by atoms with E-state index >= 15 is 0 Å². The number of aromatic nitrogens is 1. The van der Waals surface area contributed by atoms with Crippen molar-refractivity contribution in [1.82, 2.24) is 9.88 Å². The smallest absolute Gasteiger partial charge is 0.254 e. The van der Waals surface area contributed by atoms with Crippen LogP contribution >= 0.6 is 0 Å². The zero-order chi connectivity index (χ0) is 20.2. The fourth-order valence-corrected chi connectivity index (χ4v) is 4.12. The molecule has 0 atom stereocenters. The van der Waals surface area contributed by atoms with Crippen molar-refractivity contribution in [3.05, 3.63) is 76.1 Å². The molecule has 1 aliphatic rings. The molecule has 1 aliphatic carbocycles. The standard InChI is InChI=1S/C24H26N2O3/c1-2-29-21-12-13-22-18(15-21)14-19(23(27)25-22)16-26(20-10-6-7-11-20)24(28)17-8-4-3-5-9-17/h3-5,8-9,12-15,20H,2,6-7,10-11,16H2,1H3,(H,25,27). The summed E-state index contributed by atoms with van der Waals surface area (Å²) < 4.78 is 5.59. The molecule has 1 saturated carbocycles. The topological polar surface area (TPSA) is 62.4 Å². The summed E-state index contributed by atoms with van der Waals surface area (Å²) in [4.78, 5) is 30.8. The van der Waals surface area contributed by atoms with Crippen molar-refractivity contribution in [3.63, 3.8) is 0 Å². The monoisotopic (exact) mass is 390 g/mol. The second-order valence-corrected chi connectivity index (χ2v) is 7.54. The van der Waals surface area contributed by atoms with E-state index in [1.807, 2.05) is 66.4 Å². The SMILES string of the molecule is CCOc1ccc2[nH]c(=O)c(CN(C(=O)c3ccccc3)C3CCCC3)cc2c1. The molecule has 0 aliphatic heterocycles. The molecule has 1 heterocycles. The van der Waals surface area contributed by atoms with Crippen molar-refractivity contribution < 1.29 is 9.53 Å². The average Bonchev–Trinajstić information content (AvgIpc) is 3.27. The number of nitrogens with zero attached hydrogens (tertiary/aromatic N) is 1. The molecule has 0 spiro atoms. The van der Waals surface area contributed by atoms with Crippen LogP contribution in [0.25, 0.3) is 10.9 Å². The lowest BCUT2D eigenvalue weighted by Gasteiger charge is -2.29. The van der Waals surface area contributed by atoms with Gasteiger partial charge in [-0.15, -0.1) is 0 Å². The molecule has 150 valence electrons. The number of amides is 1. The Kier molecular flexibility index (Phi) is 5.65. The highest BCUT2D eigenvalue weighted by atomic mass is 16.5. The van der Waals surface area contributed by atoms with Crippen molar-refractivity contribution in [2.24, 2.45) is 0 Å². The van der Waals surface area contributed by atoms with E-state index in [1.165, 1.54) is 0 Å². The Balaban J connectivity index is 1.69. The number of benzene rings is 2. The van der Waals surface area contributed by atoms with Crippen LogP contribution in [-0.4, -0.2) is 28.4 Å². The Hall–Kier alpha value is -3.08. The van der Waals surface area contributed by atoms with Crippen LogP contribution < -0.4 is 10.3 Å². The molecule has 3 aromatic rings. The van der Waals surface area contributed by atoms with E-state index in [0.29, 0.717) is 24.3 Å². The summed E-state index contributed by atoms with van der Waals surface area (Å²) in [6.45, 7) is 2.84. The van der Waals surface area contributed by atoms with Crippen LogP contribution in [0.2, 0.25) is 0 Å². The van der Waals surface area contributed by atoms with Crippen molar-refractivity contribution in [2.45, 2.75) is 45.2 Å². The van der Waals surface area contributed by atoms with E-state index < -0.39 is 0 Å². The van der Waals surface area contributed by atoms with Crippen molar-refractivity contribution in [3.8, 4) is 5.75 Å². The summed E-state index contributed by atoms with van der Waals surface area (Å²) in [5, 5.41) is 0.907. The van der Waals surface area contributed by atoms with E-state index in [1.54, 1.807) is 0 Å². The number of carbonyl (C=O) groups is 1. The number of rotatable bonds is 6. The van der Waals surface area contributed by atoms with Crippen LogP contribution in [0, 0.1) is 0 Å². The van der Waals surface area contributed by atoms with Crippen LogP contribution in [-0.2, 0) is 6.54 Å². The minimum Gasteiger partial charge on any atom is -0.494 e. The van der Waals surface area contributed by atoms with Crippen LogP contribution in [0.4, 0.5) is 0 Å². The van der Waals surface area contributed by atoms with Gasteiger partial charge >= 0.3 is 0 Å². The minimum absolute atomic E-state index is 0.0138. The van der Waals surface area contributed by atoms with Crippen molar-refractivity contribution in [1.29, 1.82) is 0 Å². The number of hydrogen-bond donors (Lipinski definition) is 1. The third-order valence-electron chi connectivity index (χ3n) is 5.59. The molecule has 5 nitrogen and oxygen atoms in total. The molecule has 0 unspecified atom stereocenters. The normalized spacial score (nSPS) is 14.2. The summed E-state index contributed by atoms with van der Waals surface area (Å²) in [5.74, 6) is 0.756. The molecule has 4 rings (SSSR count). The molecular formula is C24H26N2O3. The molecule has 29 heavy (non-hydrogen) atoms. The number of aromatic amines is 1. The van der Waals surface area contributed by atoms with Crippen LogP contribution in [0.5, 0.6) is 5.75 Å². The van der Waals surface area contributed by atoms with E-state index in [4.69, 9.17) is 4.74 Å². The van der Waals surface area contributed by atoms with Gasteiger partial charge < -0.3 is 14.6 Å². The molecule has 2 aromatic carbocycles. The molecule has 0 saturated heterocycles. The molecule has 1 aromatic heterocycles. The Morgan fingerprint density at radius 1 is 1.10 bits per heavy atom. The highest BCUT2D eigenvalue weighted by molar-refractivity contribution is 5.94. The summed E-state index contributed by atoms with van der Waals surface area (Å²) in [6, 6.07) is 17.0. The number of H-pyrrole nitrogens is 1. The fourth-order valence-electron chi connectivity index (χ4n) is 4.12. The predicted octanol–water partition coefficient (Wildman–Crippen LogP) is 4.51. The van der Waals surface area contributed by atoms with Crippen LogP contribution in [0.3, 0.4) is 0 Å². The summed E-state index contributed by atoms with van der Waals surface area (Å²) in [7, 11) is 0. The number of nitrogens with one attached hydrogen (secondary N) is 1. The zero-order valence-electron chi connectivity index (χ0n) is 16.7. The van der Waals surface area contributed by atoms with Gasteiger partial charge in [0.1, 0.15) is 5.75 Å². The quantitative estimate of drug-likeness (QED) is 0.673. The lowest BCUT2D eigenvalue weighted by atomic mass is 10.1. The maximum Gasteiger partial charge on any atom is 0.254 e. The second kappa shape index (κ2) is 8.52. The largest absolute Gasteiger partial charge is 0.494 e. The highest BCUT2D eigenvalue weighted by Crippen LogP contribution is 2.27. The molecule has 0 radical (unpaired) electrons. The Labute approximate surface area is 170 Å². The van der Waals surface area contributed by atoms with Gasteiger partial charge in [-0.3, -0.25) is 9.59 Å². The number of hydrogen-bond acceptors (Lipinski definition) is 3. The van der Waals surface area contributed by atoms with Crippen LogP contribution in [0.15, 0.2) is 59.4 Å². The lowest BCUT2D eigenvalue weighted by Crippen LogP contribution is -2.39. The fraction of sp³-hybridized carbons (Fsp3) is 0.333. The number of pyridine rings is 1. The first-order chi connectivity index (χ1) is 14.2. The third kappa shape index (κ3) is 4.19. The van der Waals surface area contributed by atoms with Gasteiger partial charge in [0, 0.05) is 28.1 Å². The van der Waals surface area contributed by atoms with Gasteiger partial charge in [-0.25, -0.2) is 0 Å².